The van der Waals surface area contributed by atoms with E-state index in [0.29, 0.717) is 19.1 Å². The van der Waals surface area contributed by atoms with Gasteiger partial charge in [0, 0.05) is 31.6 Å². The maximum Gasteiger partial charge on any atom is 0.410 e. The van der Waals surface area contributed by atoms with Crippen LogP contribution in [0.2, 0.25) is 0 Å². The minimum atomic E-state index is -0.999. The number of carbonyl (C=O) groups excluding carboxylic acids is 1. The number of rotatable bonds is 7. The van der Waals surface area contributed by atoms with E-state index in [1.807, 2.05) is 48.5 Å². The van der Waals surface area contributed by atoms with Crippen molar-refractivity contribution in [1.82, 2.24) is 9.80 Å². The second-order valence-electron chi connectivity index (χ2n) is 7.87. The summed E-state index contributed by atoms with van der Waals surface area (Å²) >= 11 is 0. The van der Waals surface area contributed by atoms with Crippen LogP contribution in [-0.2, 0) is 17.9 Å². The first-order chi connectivity index (χ1) is 13.7. The minimum absolute atomic E-state index is 0.127. The lowest BCUT2D eigenvalue weighted by Gasteiger charge is -2.26. The topological polar surface area (TPSA) is 32.8 Å². The third-order valence-electron chi connectivity index (χ3n) is 5.59. The van der Waals surface area contributed by atoms with E-state index >= 15 is 0 Å². The van der Waals surface area contributed by atoms with Crippen molar-refractivity contribution in [3.8, 4) is 0 Å². The molecule has 0 aromatic heterocycles. The zero-order valence-electron chi connectivity index (χ0n) is 16.0. The van der Waals surface area contributed by atoms with Gasteiger partial charge in [-0.25, -0.2) is 9.18 Å². The van der Waals surface area contributed by atoms with Gasteiger partial charge in [-0.15, -0.1) is 0 Å². The lowest BCUT2D eigenvalue weighted by atomic mass is 10.1. The molecule has 1 aliphatic carbocycles. The fourth-order valence-electron chi connectivity index (χ4n) is 3.86. The Balaban J connectivity index is 1.30. The highest BCUT2D eigenvalue weighted by atomic mass is 19.1. The van der Waals surface area contributed by atoms with E-state index in [1.165, 1.54) is 23.3 Å². The molecule has 4 nitrogen and oxygen atoms in total. The van der Waals surface area contributed by atoms with E-state index in [1.54, 1.807) is 0 Å². The molecule has 2 aromatic carbocycles. The van der Waals surface area contributed by atoms with Crippen molar-refractivity contribution < 1.29 is 13.9 Å². The van der Waals surface area contributed by atoms with Crippen molar-refractivity contribution in [2.45, 2.75) is 38.2 Å². The molecule has 1 heterocycles. The van der Waals surface area contributed by atoms with Gasteiger partial charge in [0.25, 0.3) is 0 Å². The average molecular weight is 382 g/mol. The number of benzene rings is 2. The lowest BCUT2D eigenvalue weighted by Crippen LogP contribution is -2.35. The van der Waals surface area contributed by atoms with Crippen LogP contribution in [0.4, 0.5) is 9.18 Å². The first-order valence-electron chi connectivity index (χ1n) is 10.1. The van der Waals surface area contributed by atoms with Gasteiger partial charge in [0.1, 0.15) is 12.8 Å². The number of amides is 1. The fourth-order valence-corrected chi connectivity index (χ4v) is 3.86. The highest BCUT2D eigenvalue weighted by molar-refractivity contribution is 5.68. The lowest BCUT2D eigenvalue weighted by molar-refractivity contribution is 0.101. The van der Waals surface area contributed by atoms with Gasteiger partial charge in [0.15, 0.2) is 0 Å². The molecule has 28 heavy (non-hydrogen) atoms. The number of halogens is 1. The molecule has 0 bridgehead atoms. The molecule has 148 valence electrons. The summed E-state index contributed by atoms with van der Waals surface area (Å²) in [6.07, 6.45) is 0.940. The summed E-state index contributed by atoms with van der Waals surface area (Å²) in [6.45, 7) is 2.30. The molecule has 2 aromatic rings. The monoisotopic (exact) mass is 382 g/mol. The summed E-state index contributed by atoms with van der Waals surface area (Å²) in [5.41, 5.74) is 2.19. The molecular weight excluding hydrogens is 355 g/mol. The molecule has 1 amide bonds. The standard InChI is InChI=1S/C23H27FN2O2/c24-22-16-26(23(27)28-17-19-9-5-2-6-10-19)15-20(22)14-25(21-11-12-21)13-18-7-3-1-4-8-18/h1-10,20-22H,11-17H2/t20-,22+/m0/s1. The Hall–Kier alpha value is -2.40. The van der Waals surface area contributed by atoms with E-state index in [0.717, 1.165) is 12.1 Å². The smallest absolute Gasteiger partial charge is 0.410 e. The molecule has 1 saturated heterocycles. The van der Waals surface area contributed by atoms with Crippen molar-refractivity contribution in [1.29, 1.82) is 0 Å². The molecule has 1 aliphatic heterocycles. The maximum absolute atomic E-state index is 14.7. The van der Waals surface area contributed by atoms with Crippen LogP contribution in [0.25, 0.3) is 0 Å². The van der Waals surface area contributed by atoms with Gasteiger partial charge >= 0.3 is 6.09 Å². The summed E-state index contributed by atoms with van der Waals surface area (Å²) in [5.74, 6) is -0.159. The highest BCUT2D eigenvalue weighted by Crippen LogP contribution is 2.31. The van der Waals surface area contributed by atoms with E-state index in [9.17, 15) is 9.18 Å². The Bertz CT molecular complexity index is 767. The third-order valence-corrected chi connectivity index (χ3v) is 5.59. The molecule has 4 rings (SSSR count). The van der Waals surface area contributed by atoms with Crippen molar-refractivity contribution in [3.63, 3.8) is 0 Å². The molecule has 2 aliphatic rings. The Kier molecular flexibility index (Phi) is 5.91. The molecule has 0 N–H and O–H groups in total. The predicted molar refractivity (Wildman–Crippen MR) is 106 cm³/mol. The van der Waals surface area contributed by atoms with Gasteiger partial charge in [-0.05, 0) is 24.0 Å². The number of carbonyl (C=O) groups is 1. The quantitative estimate of drug-likeness (QED) is 0.717. The molecule has 0 unspecified atom stereocenters. The second-order valence-corrected chi connectivity index (χ2v) is 7.87. The Labute approximate surface area is 165 Å². The van der Waals surface area contributed by atoms with Crippen LogP contribution < -0.4 is 0 Å². The maximum atomic E-state index is 14.7. The molecule has 2 atom stereocenters. The van der Waals surface area contributed by atoms with E-state index in [4.69, 9.17) is 4.74 Å². The number of ether oxygens (including phenoxy) is 1. The summed E-state index contributed by atoms with van der Waals surface area (Å²) in [4.78, 5) is 16.3. The molecule has 2 fully saturated rings. The summed E-state index contributed by atoms with van der Waals surface area (Å²) in [5, 5.41) is 0. The summed E-state index contributed by atoms with van der Waals surface area (Å²) < 4.78 is 20.0. The zero-order chi connectivity index (χ0) is 19.3. The first-order valence-corrected chi connectivity index (χ1v) is 10.1. The van der Waals surface area contributed by atoms with Crippen LogP contribution in [0.3, 0.4) is 0 Å². The van der Waals surface area contributed by atoms with E-state index < -0.39 is 12.3 Å². The fraction of sp³-hybridized carbons (Fsp3) is 0.435. The Morgan fingerprint density at radius 3 is 2.29 bits per heavy atom. The van der Waals surface area contributed by atoms with Crippen LogP contribution in [0, 0.1) is 5.92 Å². The van der Waals surface area contributed by atoms with Gasteiger partial charge in [-0.1, -0.05) is 60.7 Å². The number of nitrogens with zero attached hydrogens (tertiary/aromatic N) is 2. The van der Waals surface area contributed by atoms with Gasteiger partial charge in [-0.3, -0.25) is 4.90 Å². The normalized spacial score (nSPS) is 21.9. The first kappa shape index (κ1) is 18.9. The van der Waals surface area contributed by atoms with Gasteiger partial charge in [-0.2, -0.15) is 0 Å². The molecule has 0 radical (unpaired) electrons. The van der Waals surface area contributed by atoms with Crippen LogP contribution in [0.5, 0.6) is 0 Å². The van der Waals surface area contributed by atoms with Gasteiger partial charge < -0.3 is 9.64 Å². The van der Waals surface area contributed by atoms with Crippen molar-refractivity contribution >= 4 is 6.09 Å². The zero-order valence-corrected chi connectivity index (χ0v) is 16.0. The SMILES string of the molecule is O=C(OCc1ccccc1)N1C[C@H](CN(Cc2ccccc2)C2CC2)[C@H](F)C1. The van der Waals surface area contributed by atoms with Gasteiger partial charge in [0.2, 0.25) is 0 Å². The van der Waals surface area contributed by atoms with Gasteiger partial charge in [0.05, 0.1) is 6.54 Å². The number of alkyl halides is 1. The number of hydrogen-bond acceptors (Lipinski definition) is 3. The Morgan fingerprint density at radius 1 is 1.00 bits per heavy atom. The van der Waals surface area contributed by atoms with Crippen LogP contribution >= 0.6 is 0 Å². The molecule has 5 heteroatoms. The largest absolute Gasteiger partial charge is 0.445 e. The number of likely N-dealkylation sites (tertiary alicyclic amines) is 1. The molecule has 1 saturated carbocycles. The Morgan fingerprint density at radius 2 is 1.64 bits per heavy atom. The third kappa shape index (κ3) is 4.90. The van der Waals surface area contributed by atoms with E-state index in [-0.39, 0.29) is 19.1 Å². The second kappa shape index (κ2) is 8.74. The highest BCUT2D eigenvalue weighted by Gasteiger charge is 2.39. The van der Waals surface area contributed by atoms with E-state index in [2.05, 4.69) is 17.0 Å². The summed E-state index contributed by atoms with van der Waals surface area (Å²) in [7, 11) is 0. The molecule has 0 spiro atoms. The molecular formula is C23H27FN2O2. The van der Waals surface area contributed by atoms with Crippen LogP contribution in [0.1, 0.15) is 24.0 Å². The average Bonchev–Trinajstić information content (AvgIpc) is 3.51. The predicted octanol–water partition coefficient (Wildman–Crippen LogP) is 4.26. The van der Waals surface area contributed by atoms with Crippen molar-refractivity contribution in [2.75, 3.05) is 19.6 Å². The summed E-state index contributed by atoms with van der Waals surface area (Å²) in [6, 6.07) is 20.4. The van der Waals surface area contributed by atoms with Crippen molar-refractivity contribution in [2.24, 2.45) is 5.92 Å². The van der Waals surface area contributed by atoms with Crippen LogP contribution in [-0.4, -0.2) is 47.7 Å². The van der Waals surface area contributed by atoms with Crippen LogP contribution in [0.15, 0.2) is 60.7 Å². The number of hydrogen-bond donors (Lipinski definition) is 0. The minimum Gasteiger partial charge on any atom is -0.445 e. The van der Waals surface area contributed by atoms with Crippen molar-refractivity contribution in [3.05, 3.63) is 71.8 Å².